The van der Waals surface area contributed by atoms with Gasteiger partial charge in [0.05, 0.1) is 5.92 Å². The molecule has 0 aromatic rings. The van der Waals surface area contributed by atoms with E-state index in [-0.39, 0.29) is 12.8 Å². The SMILES string of the molecule is C/C=C(/C)C(=O)O[C@@H]1C[C@H]2C(=C1C)[C@@H]1OC(=O)[C@@](C)(O)[C@@]1(O)[C@@H](OC(=O)[C@@H](C)CC)C[C@]2(C)OC(C)=O. The van der Waals surface area contributed by atoms with Gasteiger partial charge in [0, 0.05) is 24.8 Å². The van der Waals surface area contributed by atoms with Crippen molar-refractivity contribution in [3.05, 3.63) is 22.8 Å². The van der Waals surface area contributed by atoms with Gasteiger partial charge in [-0.2, -0.15) is 0 Å². The highest BCUT2D eigenvalue weighted by atomic mass is 16.6. The summed E-state index contributed by atoms with van der Waals surface area (Å²) in [4.78, 5) is 50.5. The lowest BCUT2D eigenvalue weighted by molar-refractivity contribution is -0.212. The van der Waals surface area contributed by atoms with Gasteiger partial charge < -0.3 is 29.2 Å². The summed E-state index contributed by atoms with van der Waals surface area (Å²) in [6.45, 7) is 12.4. The molecule has 10 nitrogen and oxygen atoms in total. The number of aliphatic hydroxyl groups is 2. The predicted molar refractivity (Wildman–Crippen MR) is 130 cm³/mol. The van der Waals surface area contributed by atoms with E-state index in [0.29, 0.717) is 23.1 Å². The summed E-state index contributed by atoms with van der Waals surface area (Å²) >= 11 is 0. The van der Waals surface area contributed by atoms with Crippen molar-refractivity contribution >= 4 is 23.9 Å². The monoisotopic (exact) mass is 522 g/mol. The van der Waals surface area contributed by atoms with Crippen LogP contribution in [0.15, 0.2) is 22.8 Å². The molecule has 1 aliphatic heterocycles. The molecule has 0 spiro atoms. The van der Waals surface area contributed by atoms with Gasteiger partial charge in [0.25, 0.3) is 0 Å². The van der Waals surface area contributed by atoms with Crippen LogP contribution in [0.25, 0.3) is 0 Å². The van der Waals surface area contributed by atoms with Gasteiger partial charge in [-0.1, -0.05) is 19.9 Å². The number of carbonyl (C=O) groups excluding carboxylic acids is 4. The Morgan fingerprint density at radius 2 is 1.81 bits per heavy atom. The van der Waals surface area contributed by atoms with Gasteiger partial charge in [-0.15, -0.1) is 0 Å². The first-order chi connectivity index (χ1) is 17.0. The highest BCUT2D eigenvalue weighted by Gasteiger charge is 2.74. The molecule has 1 saturated carbocycles. The molecule has 8 atom stereocenters. The van der Waals surface area contributed by atoms with Crippen LogP contribution < -0.4 is 0 Å². The fourth-order valence-electron chi connectivity index (χ4n) is 5.60. The van der Waals surface area contributed by atoms with Crippen LogP contribution in [0.2, 0.25) is 0 Å². The summed E-state index contributed by atoms with van der Waals surface area (Å²) in [6, 6.07) is 0. The Hall–Kier alpha value is -2.72. The van der Waals surface area contributed by atoms with Crippen LogP contribution in [-0.4, -0.2) is 69.2 Å². The second kappa shape index (κ2) is 9.87. The zero-order valence-corrected chi connectivity index (χ0v) is 22.7. The van der Waals surface area contributed by atoms with Crippen LogP contribution in [0.3, 0.4) is 0 Å². The average molecular weight is 523 g/mol. The standard InChI is InChI=1S/C27H38O10/c1-9-13(3)22(29)34-18-11-17-20(15(18)5)21-27(33,26(8,32)24(31)36-21)19(35-23(30)14(4)10-2)12-25(17,7)37-16(6)28/h9,14,17-19,21,32-33H,10-12H2,1-8H3/b13-9-/t14-,17-,18+,19-,21-,25-,26+,27+/m0/s1. The molecule has 0 aromatic heterocycles. The Kier molecular flexibility index (Phi) is 7.69. The first-order valence-corrected chi connectivity index (χ1v) is 12.6. The van der Waals surface area contributed by atoms with Crippen molar-refractivity contribution in [3.8, 4) is 0 Å². The number of esters is 4. The zero-order chi connectivity index (χ0) is 28.1. The largest absolute Gasteiger partial charge is 0.459 e. The van der Waals surface area contributed by atoms with Crippen LogP contribution in [0.1, 0.15) is 74.7 Å². The molecule has 3 aliphatic rings. The van der Waals surface area contributed by atoms with Crippen molar-refractivity contribution < 1.29 is 48.3 Å². The third-order valence-electron chi connectivity index (χ3n) is 8.32. The molecule has 1 saturated heterocycles. The van der Waals surface area contributed by atoms with E-state index in [1.54, 1.807) is 47.6 Å². The number of hydrogen-bond donors (Lipinski definition) is 2. The van der Waals surface area contributed by atoms with E-state index in [9.17, 15) is 29.4 Å². The number of allylic oxidation sites excluding steroid dienone is 1. The van der Waals surface area contributed by atoms with Gasteiger partial charge in [-0.05, 0) is 58.6 Å². The molecular weight excluding hydrogens is 484 g/mol. The van der Waals surface area contributed by atoms with E-state index < -0.39 is 70.8 Å². The van der Waals surface area contributed by atoms with Crippen LogP contribution in [0.4, 0.5) is 0 Å². The summed E-state index contributed by atoms with van der Waals surface area (Å²) in [6.07, 6.45) is -1.63. The second-order valence-electron chi connectivity index (χ2n) is 10.8. The van der Waals surface area contributed by atoms with Crippen molar-refractivity contribution in [3.63, 3.8) is 0 Å². The fraction of sp³-hybridized carbons (Fsp3) is 0.704. The molecule has 0 radical (unpaired) electrons. The Morgan fingerprint density at radius 3 is 2.35 bits per heavy atom. The van der Waals surface area contributed by atoms with Gasteiger partial charge in [0.2, 0.25) is 0 Å². The number of carbonyl (C=O) groups is 4. The summed E-state index contributed by atoms with van der Waals surface area (Å²) in [5.74, 6) is -4.06. The molecule has 206 valence electrons. The first kappa shape index (κ1) is 28.8. The van der Waals surface area contributed by atoms with Gasteiger partial charge >= 0.3 is 23.9 Å². The molecule has 10 heteroatoms. The third kappa shape index (κ3) is 4.58. The van der Waals surface area contributed by atoms with E-state index in [4.69, 9.17) is 18.9 Å². The number of hydrogen-bond acceptors (Lipinski definition) is 10. The molecule has 2 N–H and O–H groups in total. The quantitative estimate of drug-likeness (QED) is 0.231. The van der Waals surface area contributed by atoms with Gasteiger partial charge in [0.15, 0.2) is 17.3 Å². The van der Waals surface area contributed by atoms with Crippen LogP contribution in [0, 0.1) is 11.8 Å². The minimum Gasteiger partial charge on any atom is -0.459 e. The second-order valence-corrected chi connectivity index (χ2v) is 10.8. The Bertz CT molecular complexity index is 1060. The number of ether oxygens (including phenoxy) is 4. The lowest BCUT2D eigenvalue weighted by atomic mass is 9.75. The molecule has 37 heavy (non-hydrogen) atoms. The summed E-state index contributed by atoms with van der Waals surface area (Å²) in [7, 11) is 0. The van der Waals surface area contributed by atoms with Crippen LogP contribution in [-0.2, 0) is 38.1 Å². The van der Waals surface area contributed by atoms with Crippen molar-refractivity contribution in [1.82, 2.24) is 0 Å². The van der Waals surface area contributed by atoms with Crippen molar-refractivity contribution in [2.75, 3.05) is 0 Å². The minimum absolute atomic E-state index is 0.173. The molecule has 2 fully saturated rings. The van der Waals surface area contributed by atoms with E-state index in [0.717, 1.165) is 6.92 Å². The highest BCUT2D eigenvalue weighted by Crippen LogP contribution is 2.56. The molecule has 0 bridgehead atoms. The summed E-state index contributed by atoms with van der Waals surface area (Å²) < 4.78 is 22.9. The topological polar surface area (TPSA) is 146 Å². The van der Waals surface area contributed by atoms with Crippen LogP contribution >= 0.6 is 0 Å². The maximum absolute atomic E-state index is 12.9. The van der Waals surface area contributed by atoms with Gasteiger partial charge in [0.1, 0.15) is 17.8 Å². The van der Waals surface area contributed by atoms with E-state index in [1.165, 1.54) is 6.92 Å². The Labute approximate surface area is 217 Å². The molecule has 2 aliphatic carbocycles. The van der Waals surface area contributed by atoms with Crippen molar-refractivity contribution in [2.24, 2.45) is 11.8 Å². The average Bonchev–Trinajstić information content (AvgIpc) is 3.20. The van der Waals surface area contributed by atoms with Crippen LogP contribution in [0.5, 0.6) is 0 Å². The van der Waals surface area contributed by atoms with Gasteiger partial charge in [-0.25, -0.2) is 9.59 Å². The highest BCUT2D eigenvalue weighted by molar-refractivity contribution is 5.88. The third-order valence-corrected chi connectivity index (χ3v) is 8.32. The maximum Gasteiger partial charge on any atom is 0.341 e. The minimum atomic E-state index is -2.45. The number of fused-ring (bicyclic) bond motifs is 3. The lowest BCUT2D eigenvalue weighted by Gasteiger charge is -2.41. The Morgan fingerprint density at radius 1 is 1.19 bits per heavy atom. The number of rotatable bonds is 6. The summed E-state index contributed by atoms with van der Waals surface area (Å²) in [5, 5.41) is 23.4. The normalized spacial score (nSPS) is 38.2. The zero-order valence-electron chi connectivity index (χ0n) is 22.7. The molecule has 0 amide bonds. The predicted octanol–water partition coefficient (Wildman–Crippen LogP) is 2.29. The van der Waals surface area contributed by atoms with Crippen molar-refractivity contribution in [1.29, 1.82) is 0 Å². The van der Waals surface area contributed by atoms with E-state index >= 15 is 0 Å². The maximum atomic E-state index is 12.9. The van der Waals surface area contributed by atoms with E-state index in [1.807, 2.05) is 0 Å². The summed E-state index contributed by atoms with van der Waals surface area (Å²) in [5.41, 5.74) is -4.94. The smallest absolute Gasteiger partial charge is 0.341 e. The lowest BCUT2D eigenvalue weighted by Crippen LogP contribution is -2.64. The molecule has 0 unspecified atom stereocenters. The molecule has 0 aromatic carbocycles. The van der Waals surface area contributed by atoms with E-state index in [2.05, 4.69) is 0 Å². The fourth-order valence-corrected chi connectivity index (χ4v) is 5.60. The Balaban J connectivity index is 2.21. The van der Waals surface area contributed by atoms with Crippen molar-refractivity contribution in [2.45, 2.75) is 110 Å². The first-order valence-electron chi connectivity index (χ1n) is 12.6. The molecule has 1 heterocycles. The van der Waals surface area contributed by atoms with Gasteiger partial charge in [-0.3, -0.25) is 9.59 Å². The molecule has 3 rings (SSSR count). The molecular formula is C27H38O10.